The highest BCUT2D eigenvalue weighted by Gasteiger charge is 2.30. The predicted octanol–water partition coefficient (Wildman–Crippen LogP) is 6.81. The number of aromatic nitrogens is 2. The van der Waals surface area contributed by atoms with E-state index < -0.39 is 36.0 Å². The maximum absolute atomic E-state index is 13.3. The molecule has 2 heterocycles. The Labute approximate surface area is 298 Å². The topological polar surface area (TPSA) is 151 Å². The monoisotopic (exact) mass is 700 g/mol. The van der Waals surface area contributed by atoms with Gasteiger partial charge < -0.3 is 25.6 Å². The van der Waals surface area contributed by atoms with Crippen molar-refractivity contribution >= 4 is 29.1 Å². The number of hydrogen-bond donors (Lipinski definition) is 4. The summed E-state index contributed by atoms with van der Waals surface area (Å²) in [6.45, 7) is 10.3. The van der Waals surface area contributed by atoms with Gasteiger partial charge in [0.2, 0.25) is 5.91 Å². The van der Waals surface area contributed by atoms with Gasteiger partial charge in [0.25, 0.3) is 5.91 Å². The van der Waals surface area contributed by atoms with Crippen molar-refractivity contribution in [1.29, 1.82) is 0 Å². The van der Waals surface area contributed by atoms with E-state index in [1.54, 1.807) is 18.5 Å². The Hall–Kier alpha value is -4.61. The molecule has 0 aliphatic heterocycles. The maximum atomic E-state index is 13.3. The van der Waals surface area contributed by atoms with Crippen LogP contribution in [0.15, 0.2) is 73.1 Å². The molecule has 0 aliphatic rings. The SMILES string of the molecule is CCCCCCCOc1ccc(-c2cnc(-c3ccc(CC(NC(=O)c4ccc(C(C)(C)C)s4)C(=O)N[C@H](C(=O)O)[C@@H](C)O)cc3)nc2)cc1. The number of unbranched alkanes of at least 4 members (excludes halogenated alkanes) is 4. The Balaban J connectivity index is 1.42. The Kier molecular flexibility index (Phi) is 13.6. The standard InChI is InChI=1S/C39H48N4O6S/c1-6-7-8-9-10-21-49-30-17-15-27(16-18-30)29-23-40-35(41-24-29)28-13-11-26(12-14-28)22-31(36(45)43-34(25(2)44)38(47)48)42-37(46)32-19-20-33(50-32)39(3,4)5/h11-20,23-25,31,34,44H,6-10,21-22H2,1-5H3,(H,42,46)(H,43,45)(H,47,48)/t25-,31?,34+/m1/s1. The second-order valence-electron chi connectivity index (χ2n) is 13.5. The molecule has 0 spiro atoms. The van der Waals surface area contributed by atoms with Crippen LogP contribution in [0.1, 0.15) is 86.8 Å². The number of ether oxygens (including phenoxy) is 1. The van der Waals surface area contributed by atoms with E-state index in [4.69, 9.17) is 4.74 Å². The molecule has 0 saturated heterocycles. The first-order valence-corrected chi connectivity index (χ1v) is 17.9. The van der Waals surface area contributed by atoms with E-state index in [-0.39, 0.29) is 11.8 Å². The largest absolute Gasteiger partial charge is 0.494 e. The lowest BCUT2D eigenvalue weighted by Crippen LogP contribution is -2.55. The highest BCUT2D eigenvalue weighted by molar-refractivity contribution is 7.14. The van der Waals surface area contributed by atoms with Crippen LogP contribution in [-0.4, -0.2) is 62.8 Å². The zero-order valence-corrected chi connectivity index (χ0v) is 30.3. The van der Waals surface area contributed by atoms with Crippen molar-refractivity contribution in [1.82, 2.24) is 20.6 Å². The molecule has 10 nitrogen and oxygen atoms in total. The van der Waals surface area contributed by atoms with Crippen LogP contribution in [0.2, 0.25) is 0 Å². The second-order valence-corrected chi connectivity index (χ2v) is 14.6. The van der Waals surface area contributed by atoms with Crippen molar-refractivity contribution in [2.75, 3.05) is 6.61 Å². The smallest absolute Gasteiger partial charge is 0.328 e. The van der Waals surface area contributed by atoms with Gasteiger partial charge in [-0.25, -0.2) is 14.8 Å². The molecule has 4 rings (SSSR count). The van der Waals surface area contributed by atoms with Crippen LogP contribution in [0.25, 0.3) is 22.5 Å². The van der Waals surface area contributed by atoms with Gasteiger partial charge in [0.05, 0.1) is 17.6 Å². The number of nitrogens with one attached hydrogen (secondary N) is 2. The van der Waals surface area contributed by atoms with Gasteiger partial charge in [-0.15, -0.1) is 11.3 Å². The normalized spacial score (nSPS) is 13.2. The molecule has 4 aromatic rings. The van der Waals surface area contributed by atoms with Gasteiger partial charge >= 0.3 is 5.97 Å². The van der Waals surface area contributed by atoms with E-state index in [1.807, 2.05) is 75.4 Å². The molecule has 266 valence electrons. The van der Waals surface area contributed by atoms with Crippen LogP contribution >= 0.6 is 11.3 Å². The van der Waals surface area contributed by atoms with E-state index in [0.717, 1.165) is 39.3 Å². The van der Waals surface area contributed by atoms with Crippen LogP contribution < -0.4 is 15.4 Å². The minimum Gasteiger partial charge on any atom is -0.494 e. The third kappa shape index (κ3) is 10.9. The summed E-state index contributed by atoms with van der Waals surface area (Å²) in [5.41, 5.74) is 3.19. The van der Waals surface area contributed by atoms with Gasteiger partial charge in [-0.3, -0.25) is 9.59 Å². The van der Waals surface area contributed by atoms with Crippen molar-refractivity contribution in [2.45, 2.75) is 96.7 Å². The average Bonchev–Trinajstić information content (AvgIpc) is 3.61. The highest BCUT2D eigenvalue weighted by atomic mass is 32.1. The molecule has 50 heavy (non-hydrogen) atoms. The first-order chi connectivity index (χ1) is 23.8. The molecule has 0 aliphatic carbocycles. The summed E-state index contributed by atoms with van der Waals surface area (Å²) in [6, 6.07) is 16.2. The average molecular weight is 701 g/mol. The molecule has 0 bridgehead atoms. The number of carbonyl (C=O) groups is 3. The predicted molar refractivity (Wildman–Crippen MR) is 196 cm³/mol. The van der Waals surface area contributed by atoms with Crippen molar-refractivity contribution in [2.24, 2.45) is 0 Å². The maximum Gasteiger partial charge on any atom is 0.328 e. The van der Waals surface area contributed by atoms with Crippen molar-refractivity contribution < 1.29 is 29.3 Å². The van der Waals surface area contributed by atoms with Gasteiger partial charge in [-0.05, 0) is 54.2 Å². The third-order valence-corrected chi connectivity index (χ3v) is 9.75. The fourth-order valence-electron chi connectivity index (χ4n) is 5.24. The number of carboxylic acids is 1. The number of aliphatic carboxylic acids is 1. The van der Waals surface area contributed by atoms with Crippen LogP contribution in [-0.2, 0) is 21.4 Å². The number of aliphatic hydroxyl groups excluding tert-OH is 1. The van der Waals surface area contributed by atoms with E-state index in [2.05, 4.69) is 27.5 Å². The molecule has 11 heteroatoms. The molecule has 0 fully saturated rings. The molecule has 2 amide bonds. The Morgan fingerprint density at radius 3 is 2.06 bits per heavy atom. The van der Waals surface area contributed by atoms with E-state index in [0.29, 0.717) is 17.3 Å². The molecule has 0 radical (unpaired) electrons. The first kappa shape index (κ1) is 38.2. The number of carbonyl (C=O) groups excluding carboxylic acids is 2. The van der Waals surface area contributed by atoms with E-state index in [9.17, 15) is 24.6 Å². The summed E-state index contributed by atoms with van der Waals surface area (Å²) in [6.07, 6.45) is 8.26. The number of amides is 2. The molecule has 1 unspecified atom stereocenters. The van der Waals surface area contributed by atoms with Gasteiger partial charge in [-0.1, -0.05) is 89.8 Å². The van der Waals surface area contributed by atoms with Crippen LogP contribution in [0.5, 0.6) is 5.75 Å². The molecular weight excluding hydrogens is 653 g/mol. The number of aliphatic hydroxyl groups is 1. The van der Waals surface area contributed by atoms with Crippen molar-refractivity contribution in [3.05, 3.63) is 88.4 Å². The molecule has 3 atom stereocenters. The number of nitrogens with zero attached hydrogens (tertiary/aromatic N) is 2. The fraction of sp³-hybridized carbons (Fsp3) is 0.410. The zero-order valence-electron chi connectivity index (χ0n) is 29.4. The lowest BCUT2D eigenvalue weighted by Gasteiger charge is -2.23. The summed E-state index contributed by atoms with van der Waals surface area (Å²) < 4.78 is 5.88. The summed E-state index contributed by atoms with van der Waals surface area (Å²) in [7, 11) is 0. The minimum atomic E-state index is -1.53. The molecular formula is C39H48N4O6S. The number of benzene rings is 2. The number of hydrogen-bond acceptors (Lipinski definition) is 8. The van der Waals surface area contributed by atoms with Crippen LogP contribution in [0.3, 0.4) is 0 Å². The zero-order chi connectivity index (χ0) is 36.3. The minimum absolute atomic E-state index is 0.0832. The summed E-state index contributed by atoms with van der Waals surface area (Å²) in [4.78, 5) is 48.8. The fourth-order valence-corrected chi connectivity index (χ4v) is 6.20. The second kappa shape index (κ2) is 17.9. The van der Waals surface area contributed by atoms with Gasteiger partial charge in [0.1, 0.15) is 11.8 Å². The lowest BCUT2D eigenvalue weighted by molar-refractivity contribution is -0.145. The van der Waals surface area contributed by atoms with Gasteiger partial charge in [0.15, 0.2) is 11.9 Å². The summed E-state index contributed by atoms with van der Waals surface area (Å²) in [5, 5.41) is 24.6. The van der Waals surface area contributed by atoms with Gasteiger partial charge in [0, 0.05) is 34.8 Å². The van der Waals surface area contributed by atoms with Crippen molar-refractivity contribution in [3.63, 3.8) is 0 Å². The molecule has 4 N–H and O–H groups in total. The summed E-state index contributed by atoms with van der Waals surface area (Å²) >= 11 is 1.34. The van der Waals surface area contributed by atoms with Crippen LogP contribution in [0.4, 0.5) is 0 Å². The van der Waals surface area contributed by atoms with Crippen molar-refractivity contribution in [3.8, 4) is 28.3 Å². The highest BCUT2D eigenvalue weighted by Crippen LogP contribution is 2.29. The van der Waals surface area contributed by atoms with E-state index >= 15 is 0 Å². The Bertz CT molecular complexity index is 1700. The molecule has 2 aromatic heterocycles. The number of thiophene rings is 1. The number of carboxylic acid groups (broad SMARTS) is 1. The molecule has 2 aromatic carbocycles. The third-order valence-electron chi connectivity index (χ3n) is 8.25. The first-order valence-electron chi connectivity index (χ1n) is 17.1. The quantitative estimate of drug-likeness (QED) is 0.0878. The lowest BCUT2D eigenvalue weighted by atomic mass is 9.95. The van der Waals surface area contributed by atoms with E-state index in [1.165, 1.54) is 43.9 Å². The van der Waals surface area contributed by atoms with Gasteiger partial charge in [-0.2, -0.15) is 0 Å². The Morgan fingerprint density at radius 1 is 0.840 bits per heavy atom. The molecule has 0 saturated carbocycles. The van der Waals surface area contributed by atoms with Crippen LogP contribution in [0, 0.1) is 0 Å². The summed E-state index contributed by atoms with van der Waals surface area (Å²) in [5.74, 6) is -1.17. The number of rotatable bonds is 17. The Morgan fingerprint density at radius 2 is 1.48 bits per heavy atom.